The summed E-state index contributed by atoms with van der Waals surface area (Å²) in [6.45, 7) is 10.3. The normalized spacial score (nSPS) is 24.7. The minimum Gasteiger partial charge on any atom is -0.444 e. The Morgan fingerprint density at radius 3 is 2.73 bits per heavy atom. The van der Waals surface area contributed by atoms with Crippen LogP contribution < -0.4 is 0 Å². The molecule has 1 unspecified atom stereocenters. The summed E-state index contributed by atoms with van der Waals surface area (Å²) in [6, 6.07) is -0.344. The van der Waals surface area contributed by atoms with Crippen molar-refractivity contribution in [2.24, 2.45) is 0 Å². The van der Waals surface area contributed by atoms with Gasteiger partial charge < -0.3 is 18.7 Å². The van der Waals surface area contributed by atoms with E-state index in [2.05, 4.69) is 10.1 Å². The SMILES string of the molecule is CCOC(C)O[C@@H]1C[C@@H](c2nc(C3CC3)no2)N(C(=O)OC(C)(C)C)C1. The van der Waals surface area contributed by atoms with Crippen molar-refractivity contribution in [1.82, 2.24) is 15.0 Å². The van der Waals surface area contributed by atoms with Crippen LogP contribution in [0.2, 0.25) is 0 Å². The van der Waals surface area contributed by atoms with Gasteiger partial charge in [-0.3, -0.25) is 4.90 Å². The molecule has 2 aliphatic rings. The molecule has 2 heterocycles. The Labute approximate surface area is 154 Å². The van der Waals surface area contributed by atoms with Gasteiger partial charge in [-0.1, -0.05) is 5.16 Å². The maximum Gasteiger partial charge on any atom is 0.411 e. The first-order chi connectivity index (χ1) is 12.3. The first kappa shape index (κ1) is 19.1. The largest absolute Gasteiger partial charge is 0.444 e. The summed E-state index contributed by atoms with van der Waals surface area (Å²) in [5.74, 6) is 1.58. The second kappa shape index (κ2) is 7.52. The minimum absolute atomic E-state index is 0.176. The van der Waals surface area contributed by atoms with Gasteiger partial charge in [0.05, 0.1) is 12.6 Å². The fraction of sp³-hybridized carbons (Fsp3) is 0.833. The quantitative estimate of drug-likeness (QED) is 0.712. The van der Waals surface area contributed by atoms with E-state index in [1.54, 1.807) is 4.90 Å². The van der Waals surface area contributed by atoms with Crippen LogP contribution in [-0.4, -0.2) is 52.3 Å². The number of amides is 1. The lowest BCUT2D eigenvalue weighted by atomic mass is 10.2. The molecule has 1 amide bonds. The molecule has 3 rings (SSSR count). The zero-order valence-corrected chi connectivity index (χ0v) is 16.2. The molecular weight excluding hydrogens is 338 g/mol. The van der Waals surface area contributed by atoms with Crippen LogP contribution in [0.4, 0.5) is 4.79 Å². The van der Waals surface area contributed by atoms with Gasteiger partial charge in [-0.25, -0.2) is 4.79 Å². The third-order valence-corrected chi connectivity index (χ3v) is 4.36. The lowest BCUT2D eigenvalue weighted by molar-refractivity contribution is -0.153. The second-order valence-electron chi connectivity index (χ2n) is 7.93. The predicted molar refractivity (Wildman–Crippen MR) is 92.5 cm³/mol. The highest BCUT2D eigenvalue weighted by Gasteiger charge is 2.43. The van der Waals surface area contributed by atoms with Crippen molar-refractivity contribution in [2.75, 3.05) is 13.2 Å². The highest BCUT2D eigenvalue weighted by molar-refractivity contribution is 5.69. The summed E-state index contributed by atoms with van der Waals surface area (Å²) in [4.78, 5) is 18.8. The molecule has 8 nitrogen and oxygen atoms in total. The van der Waals surface area contributed by atoms with Gasteiger partial charge in [0.15, 0.2) is 12.1 Å². The molecule has 1 aliphatic carbocycles. The van der Waals surface area contributed by atoms with Crippen LogP contribution in [0.5, 0.6) is 0 Å². The molecule has 1 saturated heterocycles. The van der Waals surface area contributed by atoms with E-state index < -0.39 is 11.7 Å². The third-order valence-electron chi connectivity index (χ3n) is 4.36. The van der Waals surface area contributed by atoms with Gasteiger partial charge in [0, 0.05) is 18.9 Å². The first-order valence-electron chi connectivity index (χ1n) is 9.37. The molecule has 26 heavy (non-hydrogen) atoms. The van der Waals surface area contributed by atoms with Crippen LogP contribution in [0.25, 0.3) is 0 Å². The van der Waals surface area contributed by atoms with Gasteiger partial charge in [0.1, 0.15) is 11.6 Å². The van der Waals surface area contributed by atoms with E-state index in [-0.39, 0.29) is 18.4 Å². The van der Waals surface area contributed by atoms with E-state index in [1.165, 1.54) is 0 Å². The van der Waals surface area contributed by atoms with Crippen molar-refractivity contribution >= 4 is 6.09 Å². The molecule has 146 valence electrons. The zero-order valence-electron chi connectivity index (χ0n) is 16.2. The molecule has 8 heteroatoms. The van der Waals surface area contributed by atoms with E-state index in [0.29, 0.717) is 31.4 Å². The fourth-order valence-electron chi connectivity index (χ4n) is 3.09. The van der Waals surface area contributed by atoms with Crippen LogP contribution in [-0.2, 0) is 14.2 Å². The van der Waals surface area contributed by atoms with E-state index >= 15 is 0 Å². The summed E-state index contributed by atoms with van der Waals surface area (Å²) in [5.41, 5.74) is -0.576. The summed E-state index contributed by atoms with van der Waals surface area (Å²) < 4.78 is 22.4. The third kappa shape index (κ3) is 4.73. The van der Waals surface area contributed by atoms with Crippen molar-refractivity contribution in [1.29, 1.82) is 0 Å². The number of rotatable bonds is 6. The Hall–Kier alpha value is -1.67. The Bertz CT molecular complexity index is 623. The maximum atomic E-state index is 12.7. The van der Waals surface area contributed by atoms with Gasteiger partial charge in [0.2, 0.25) is 5.89 Å². The average Bonchev–Trinajstić information content (AvgIpc) is 3.11. The number of hydrogen-bond acceptors (Lipinski definition) is 7. The lowest BCUT2D eigenvalue weighted by Gasteiger charge is -2.27. The highest BCUT2D eigenvalue weighted by atomic mass is 16.7. The fourth-order valence-corrected chi connectivity index (χ4v) is 3.09. The first-order valence-corrected chi connectivity index (χ1v) is 9.37. The van der Waals surface area contributed by atoms with Gasteiger partial charge >= 0.3 is 6.09 Å². The monoisotopic (exact) mass is 367 g/mol. The van der Waals surface area contributed by atoms with Gasteiger partial charge in [-0.15, -0.1) is 0 Å². The Balaban J connectivity index is 1.74. The molecule has 1 aliphatic heterocycles. The van der Waals surface area contributed by atoms with E-state index in [9.17, 15) is 4.79 Å². The van der Waals surface area contributed by atoms with Crippen LogP contribution >= 0.6 is 0 Å². The lowest BCUT2D eigenvalue weighted by Crippen LogP contribution is -2.37. The molecule has 1 aromatic heterocycles. The number of hydrogen-bond donors (Lipinski definition) is 0. The predicted octanol–water partition coefficient (Wildman–Crippen LogP) is 3.40. The molecular formula is C18H29N3O5. The van der Waals surface area contributed by atoms with Crippen LogP contribution in [0.1, 0.15) is 77.6 Å². The van der Waals surface area contributed by atoms with Crippen LogP contribution in [0.3, 0.4) is 0 Å². The molecule has 0 aromatic carbocycles. The number of aromatic nitrogens is 2. The van der Waals surface area contributed by atoms with Crippen LogP contribution in [0.15, 0.2) is 4.52 Å². The summed E-state index contributed by atoms with van der Waals surface area (Å²) >= 11 is 0. The molecule has 0 N–H and O–H groups in total. The smallest absolute Gasteiger partial charge is 0.411 e. The molecule has 3 atom stereocenters. The number of carbonyl (C=O) groups is 1. The van der Waals surface area contributed by atoms with Crippen molar-refractivity contribution in [2.45, 2.75) is 83.8 Å². The maximum absolute atomic E-state index is 12.7. The standard InChI is InChI=1S/C18H29N3O5/c1-6-23-11(2)24-13-9-14(16-19-15(20-26-16)12-7-8-12)21(10-13)17(22)25-18(3,4)5/h11-14H,6-10H2,1-5H3/t11?,13-,14+/m1/s1. The van der Waals surface area contributed by atoms with E-state index in [1.807, 2.05) is 34.6 Å². The van der Waals surface area contributed by atoms with Crippen LogP contribution in [0, 0.1) is 0 Å². The Kier molecular flexibility index (Phi) is 5.53. The number of ether oxygens (including phenoxy) is 3. The summed E-state index contributed by atoms with van der Waals surface area (Å²) in [6.07, 6.45) is 1.85. The van der Waals surface area contributed by atoms with E-state index in [4.69, 9.17) is 18.7 Å². The molecule has 0 spiro atoms. The summed E-state index contributed by atoms with van der Waals surface area (Å²) in [5, 5.41) is 4.08. The molecule has 2 fully saturated rings. The van der Waals surface area contributed by atoms with Crippen molar-refractivity contribution in [3.05, 3.63) is 11.7 Å². The summed E-state index contributed by atoms with van der Waals surface area (Å²) in [7, 11) is 0. The Morgan fingerprint density at radius 2 is 2.12 bits per heavy atom. The van der Waals surface area contributed by atoms with E-state index in [0.717, 1.165) is 18.7 Å². The van der Waals surface area contributed by atoms with Crippen molar-refractivity contribution in [3.63, 3.8) is 0 Å². The highest BCUT2D eigenvalue weighted by Crippen LogP contribution is 2.40. The van der Waals surface area contributed by atoms with Crippen molar-refractivity contribution < 1.29 is 23.5 Å². The van der Waals surface area contributed by atoms with Crippen molar-refractivity contribution in [3.8, 4) is 0 Å². The topological polar surface area (TPSA) is 86.9 Å². The Morgan fingerprint density at radius 1 is 1.38 bits per heavy atom. The zero-order chi connectivity index (χ0) is 18.9. The average molecular weight is 367 g/mol. The number of likely N-dealkylation sites (tertiary alicyclic amines) is 1. The minimum atomic E-state index is -0.576. The molecule has 1 saturated carbocycles. The van der Waals surface area contributed by atoms with Gasteiger partial charge in [-0.05, 0) is 47.5 Å². The molecule has 0 radical (unpaired) electrons. The molecule has 1 aromatic rings. The van der Waals surface area contributed by atoms with Gasteiger partial charge in [0.25, 0.3) is 0 Å². The number of nitrogens with zero attached hydrogens (tertiary/aromatic N) is 3. The number of carbonyl (C=O) groups excluding carboxylic acids is 1. The molecule has 0 bridgehead atoms. The second-order valence-corrected chi connectivity index (χ2v) is 7.93. The van der Waals surface area contributed by atoms with Gasteiger partial charge in [-0.2, -0.15) is 4.98 Å².